The number of carbonyl (C=O) groups is 1. The van der Waals surface area contributed by atoms with Crippen molar-refractivity contribution in [2.45, 2.75) is 30.1 Å². The van der Waals surface area contributed by atoms with E-state index in [9.17, 15) is 9.36 Å². The van der Waals surface area contributed by atoms with Crippen molar-refractivity contribution in [1.82, 2.24) is 0 Å². The first-order chi connectivity index (χ1) is 13.6. The first-order valence-electron chi connectivity index (χ1n) is 9.23. The van der Waals surface area contributed by atoms with Crippen LogP contribution >= 0.6 is 19.4 Å². The number of carbonyl (C=O) groups excluding carboxylic acids is 1. The third-order valence-electron chi connectivity index (χ3n) is 4.11. The largest absolute Gasteiger partial charge is 0.453 e. The molecule has 1 heterocycles. The molecule has 0 spiro atoms. The van der Waals surface area contributed by atoms with Gasteiger partial charge in [-0.1, -0.05) is 36.0 Å². The van der Waals surface area contributed by atoms with Gasteiger partial charge < -0.3 is 18.7 Å². The van der Waals surface area contributed by atoms with E-state index in [1.165, 1.54) is 0 Å². The summed E-state index contributed by atoms with van der Waals surface area (Å²) >= 11 is 1.72. The summed E-state index contributed by atoms with van der Waals surface area (Å²) in [4.78, 5) is 16.7. The van der Waals surface area contributed by atoms with Crippen molar-refractivity contribution in [2.24, 2.45) is 0 Å². The molecule has 0 saturated carbocycles. The average Bonchev–Trinajstić information content (AvgIpc) is 2.70. The van der Waals surface area contributed by atoms with Crippen LogP contribution in [0.2, 0.25) is 0 Å². The number of hydrogen-bond donors (Lipinski definition) is 0. The average molecular weight is 421 g/mol. The highest BCUT2D eigenvalue weighted by Gasteiger charge is 2.27. The molecule has 0 amide bonds. The van der Waals surface area contributed by atoms with Gasteiger partial charge in [0.05, 0.1) is 31.0 Å². The van der Waals surface area contributed by atoms with Crippen LogP contribution in [0.3, 0.4) is 0 Å². The van der Waals surface area contributed by atoms with E-state index in [1.54, 1.807) is 25.6 Å². The molecule has 2 aromatic rings. The van der Waals surface area contributed by atoms with E-state index < -0.39 is 13.6 Å². The Morgan fingerprint density at radius 1 is 0.964 bits per heavy atom. The predicted molar refractivity (Wildman–Crippen MR) is 110 cm³/mol. The van der Waals surface area contributed by atoms with Gasteiger partial charge in [0.15, 0.2) is 6.35 Å². The maximum atomic E-state index is 12.4. The maximum Gasteiger partial charge on any atom is 0.367 e. The third-order valence-corrected chi connectivity index (χ3v) is 6.99. The fourth-order valence-electron chi connectivity index (χ4n) is 2.95. The Hall–Kier alpha value is -1.79. The molecule has 0 N–H and O–H groups in total. The number of ether oxygens (including phenoxy) is 1. The highest BCUT2D eigenvalue weighted by atomic mass is 32.2. The minimum Gasteiger partial charge on any atom is -0.453 e. The first kappa shape index (κ1) is 20.9. The lowest BCUT2D eigenvalue weighted by atomic mass is 10.2. The molecule has 0 radical (unpaired) electrons. The number of esters is 1. The Morgan fingerprint density at radius 2 is 1.50 bits per heavy atom. The quantitative estimate of drug-likeness (QED) is 0.394. The zero-order chi connectivity index (χ0) is 20.0. The van der Waals surface area contributed by atoms with Gasteiger partial charge in [-0.3, -0.25) is 9.36 Å². The Kier molecular flexibility index (Phi) is 7.18. The zero-order valence-corrected chi connectivity index (χ0v) is 17.7. The number of nitrogens with zero attached hydrogens (tertiary/aromatic N) is 1. The van der Waals surface area contributed by atoms with Crippen LogP contribution in [0.15, 0.2) is 58.3 Å². The lowest BCUT2D eigenvalue weighted by Crippen LogP contribution is -2.24. The molecule has 6 nitrogen and oxygen atoms in total. The molecule has 28 heavy (non-hydrogen) atoms. The molecule has 1 aliphatic heterocycles. The molecular weight excluding hydrogens is 397 g/mol. The second kappa shape index (κ2) is 9.61. The van der Waals surface area contributed by atoms with Crippen LogP contribution in [0.5, 0.6) is 0 Å². The summed E-state index contributed by atoms with van der Waals surface area (Å²) < 4.78 is 27.9. The third kappa shape index (κ3) is 4.97. The SMILES string of the molecule is CCOP(=O)(COC(=O)CCN1c2ccccc2Sc2ccccc21)OCC. The molecule has 0 aromatic heterocycles. The summed E-state index contributed by atoms with van der Waals surface area (Å²) in [6, 6.07) is 16.2. The van der Waals surface area contributed by atoms with Crippen molar-refractivity contribution in [3.05, 3.63) is 48.5 Å². The monoisotopic (exact) mass is 421 g/mol. The Balaban J connectivity index is 1.66. The smallest absolute Gasteiger partial charge is 0.367 e. The van der Waals surface area contributed by atoms with Gasteiger partial charge in [0.25, 0.3) is 0 Å². The van der Waals surface area contributed by atoms with Crippen molar-refractivity contribution in [3.8, 4) is 0 Å². The molecule has 0 atom stereocenters. The minimum absolute atomic E-state index is 0.158. The second-order valence-corrected chi connectivity index (χ2v) is 9.11. The Morgan fingerprint density at radius 3 is 2.04 bits per heavy atom. The van der Waals surface area contributed by atoms with Gasteiger partial charge in [0, 0.05) is 16.3 Å². The number of benzene rings is 2. The lowest BCUT2D eigenvalue weighted by molar-refractivity contribution is -0.141. The summed E-state index contributed by atoms with van der Waals surface area (Å²) in [5.74, 6) is -0.437. The lowest BCUT2D eigenvalue weighted by Gasteiger charge is -2.32. The van der Waals surface area contributed by atoms with Crippen molar-refractivity contribution in [3.63, 3.8) is 0 Å². The Labute approximate surface area is 169 Å². The summed E-state index contributed by atoms with van der Waals surface area (Å²) in [5, 5.41) is 0. The number of anilines is 2. The van der Waals surface area contributed by atoms with Gasteiger partial charge >= 0.3 is 13.6 Å². The van der Waals surface area contributed by atoms with Crippen LogP contribution in [0, 0.1) is 0 Å². The molecular formula is C20H24NO5PS. The van der Waals surface area contributed by atoms with Crippen LogP contribution < -0.4 is 4.90 Å². The standard InChI is InChI=1S/C20H24NO5PS/c1-3-25-27(23,26-4-2)15-24-20(22)13-14-21-16-9-5-7-11-18(16)28-19-12-8-6-10-17(19)21/h5-12H,3-4,13-15H2,1-2H3. The van der Waals surface area contributed by atoms with Gasteiger partial charge in [-0.05, 0) is 38.1 Å². The van der Waals surface area contributed by atoms with Crippen molar-refractivity contribution < 1.29 is 23.1 Å². The van der Waals surface area contributed by atoms with Crippen LogP contribution in [-0.4, -0.2) is 32.1 Å². The summed E-state index contributed by atoms with van der Waals surface area (Å²) in [7, 11) is -3.40. The molecule has 150 valence electrons. The summed E-state index contributed by atoms with van der Waals surface area (Å²) in [5.41, 5.74) is 2.13. The minimum atomic E-state index is -3.40. The van der Waals surface area contributed by atoms with Crippen molar-refractivity contribution in [1.29, 1.82) is 0 Å². The van der Waals surface area contributed by atoms with Crippen molar-refractivity contribution in [2.75, 3.05) is 31.0 Å². The van der Waals surface area contributed by atoms with E-state index in [-0.39, 0.29) is 26.0 Å². The van der Waals surface area contributed by atoms with E-state index in [0.29, 0.717) is 6.54 Å². The van der Waals surface area contributed by atoms with E-state index in [2.05, 4.69) is 17.0 Å². The maximum absolute atomic E-state index is 12.4. The number of rotatable bonds is 9. The van der Waals surface area contributed by atoms with E-state index in [0.717, 1.165) is 21.2 Å². The van der Waals surface area contributed by atoms with Crippen molar-refractivity contribution >= 4 is 36.7 Å². The van der Waals surface area contributed by atoms with E-state index >= 15 is 0 Å². The fourth-order valence-corrected chi connectivity index (χ4v) is 5.36. The van der Waals surface area contributed by atoms with Crippen LogP contribution in [0.4, 0.5) is 11.4 Å². The Bertz CT molecular complexity index is 820. The summed E-state index contributed by atoms with van der Waals surface area (Å²) in [6.07, 6.45) is -0.206. The van der Waals surface area contributed by atoms with Gasteiger partial charge in [-0.25, -0.2) is 0 Å². The second-order valence-electron chi connectivity index (χ2n) is 6.03. The molecule has 0 unspecified atom stereocenters. The molecule has 3 rings (SSSR count). The molecule has 0 fully saturated rings. The first-order valence-corrected chi connectivity index (χ1v) is 11.8. The topological polar surface area (TPSA) is 65.1 Å². The van der Waals surface area contributed by atoms with Crippen LogP contribution in [0.1, 0.15) is 20.3 Å². The highest BCUT2D eigenvalue weighted by molar-refractivity contribution is 7.99. The fraction of sp³-hybridized carbons (Fsp3) is 0.350. The summed E-state index contributed by atoms with van der Waals surface area (Å²) in [6.45, 7) is 4.36. The predicted octanol–water partition coefficient (Wildman–Crippen LogP) is 5.45. The van der Waals surface area contributed by atoms with Gasteiger partial charge in [0.1, 0.15) is 0 Å². The van der Waals surface area contributed by atoms with Gasteiger partial charge in [-0.2, -0.15) is 0 Å². The molecule has 1 aliphatic rings. The molecule has 2 aromatic carbocycles. The van der Waals surface area contributed by atoms with Gasteiger partial charge in [0.2, 0.25) is 0 Å². The molecule has 8 heteroatoms. The van der Waals surface area contributed by atoms with E-state index in [1.807, 2.05) is 36.4 Å². The molecule has 0 aliphatic carbocycles. The van der Waals surface area contributed by atoms with Crippen LogP contribution in [0.25, 0.3) is 0 Å². The van der Waals surface area contributed by atoms with Gasteiger partial charge in [-0.15, -0.1) is 0 Å². The number of para-hydroxylation sites is 2. The number of fused-ring (bicyclic) bond motifs is 2. The zero-order valence-electron chi connectivity index (χ0n) is 16.0. The molecule has 0 saturated heterocycles. The number of hydrogen-bond acceptors (Lipinski definition) is 7. The van der Waals surface area contributed by atoms with Crippen LogP contribution in [-0.2, 0) is 23.1 Å². The van der Waals surface area contributed by atoms with E-state index in [4.69, 9.17) is 13.8 Å². The molecule has 0 bridgehead atoms. The highest BCUT2D eigenvalue weighted by Crippen LogP contribution is 2.49. The normalized spacial score (nSPS) is 13.0.